The molecule has 3 nitrogen and oxygen atoms in total. The number of carbonyl (C=O) groups is 1. The minimum absolute atomic E-state index is 0.0694. The Kier molecular flexibility index (Phi) is 7.89. The molecule has 0 radical (unpaired) electrons. The first kappa shape index (κ1) is 15.3. The van der Waals surface area contributed by atoms with Crippen LogP contribution in [-0.4, -0.2) is 22.5 Å². The summed E-state index contributed by atoms with van der Waals surface area (Å²) in [7, 11) is 0. The lowest BCUT2D eigenvalue weighted by Crippen LogP contribution is -2.10. The zero-order valence-electron chi connectivity index (χ0n) is 7.76. The molecule has 0 amide bonds. The van der Waals surface area contributed by atoms with E-state index in [9.17, 15) is 13.2 Å². The van der Waals surface area contributed by atoms with E-state index in [0.29, 0.717) is 6.42 Å². The fraction of sp³-hybridized carbons (Fsp3) is 0.625. The molecule has 0 aromatic carbocycles. The highest BCUT2D eigenvalue weighted by molar-refractivity contribution is 5.53. The normalized spacial score (nSPS) is 10.0. The second-order valence-electron chi connectivity index (χ2n) is 2.49. The predicted octanol–water partition coefficient (Wildman–Crippen LogP) is 3.52. The fourth-order valence-corrected chi connectivity index (χ4v) is 0.532. The molecule has 6 heteroatoms. The maximum atomic E-state index is 11.7. The SMILES string of the molecule is C=C(CCCC)C(F)(F)F.O=C(O)O. The van der Waals surface area contributed by atoms with Crippen LogP contribution in [0.1, 0.15) is 26.2 Å². The molecule has 2 N–H and O–H groups in total. The van der Waals surface area contributed by atoms with Crippen LogP contribution in [0.4, 0.5) is 18.0 Å². The number of rotatable bonds is 3. The predicted molar refractivity (Wildman–Crippen MR) is 45.4 cm³/mol. The lowest BCUT2D eigenvalue weighted by Gasteiger charge is -2.07. The molecule has 0 heterocycles. The lowest BCUT2D eigenvalue weighted by atomic mass is 10.1. The van der Waals surface area contributed by atoms with Gasteiger partial charge in [0.1, 0.15) is 0 Å². The van der Waals surface area contributed by atoms with Gasteiger partial charge in [-0.15, -0.1) is 0 Å². The number of hydrogen-bond donors (Lipinski definition) is 2. The molecule has 0 atom stereocenters. The zero-order valence-corrected chi connectivity index (χ0v) is 7.76. The summed E-state index contributed by atoms with van der Waals surface area (Å²) in [5.74, 6) is 0. The van der Waals surface area contributed by atoms with E-state index in [4.69, 9.17) is 15.0 Å². The highest BCUT2D eigenvalue weighted by atomic mass is 19.4. The van der Waals surface area contributed by atoms with Crippen molar-refractivity contribution in [3.63, 3.8) is 0 Å². The highest BCUT2D eigenvalue weighted by Gasteiger charge is 2.30. The third-order valence-electron chi connectivity index (χ3n) is 1.23. The van der Waals surface area contributed by atoms with Crippen LogP contribution in [0, 0.1) is 0 Å². The van der Waals surface area contributed by atoms with Crippen LogP contribution >= 0.6 is 0 Å². The summed E-state index contributed by atoms with van der Waals surface area (Å²) in [5, 5.41) is 13.9. The topological polar surface area (TPSA) is 57.5 Å². The molecule has 0 aromatic rings. The van der Waals surface area contributed by atoms with Crippen LogP contribution in [0.5, 0.6) is 0 Å². The first-order valence-electron chi connectivity index (χ1n) is 3.88. The third-order valence-corrected chi connectivity index (χ3v) is 1.23. The number of halogens is 3. The smallest absolute Gasteiger partial charge is 0.450 e. The van der Waals surface area contributed by atoms with E-state index in [1.54, 1.807) is 0 Å². The molecule has 0 aliphatic rings. The van der Waals surface area contributed by atoms with E-state index in [-0.39, 0.29) is 6.42 Å². The fourth-order valence-electron chi connectivity index (χ4n) is 0.532. The van der Waals surface area contributed by atoms with Crippen LogP contribution < -0.4 is 0 Å². The molecule has 0 spiro atoms. The summed E-state index contributed by atoms with van der Waals surface area (Å²) in [6.45, 7) is 4.79. The van der Waals surface area contributed by atoms with Gasteiger partial charge in [0.15, 0.2) is 0 Å². The van der Waals surface area contributed by atoms with E-state index >= 15 is 0 Å². The van der Waals surface area contributed by atoms with Gasteiger partial charge in [-0.3, -0.25) is 0 Å². The molecule has 0 bridgehead atoms. The molecule has 0 fully saturated rings. The van der Waals surface area contributed by atoms with Gasteiger partial charge in [-0.1, -0.05) is 19.9 Å². The van der Waals surface area contributed by atoms with Crippen molar-refractivity contribution in [2.45, 2.75) is 32.4 Å². The van der Waals surface area contributed by atoms with Gasteiger partial charge in [-0.25, -0.2) is 4.79 Å². The summed E-state index contributed by atoms with van der Waals surface area (Å²) < 4.78 is 35.0. The van der Waals surface area contributed by atoms with Gasteiger partial charge in [0.25, 0.3) is 0 Å². The van der Waals surface area contributed by atoms with E-state index in [1.165, 1.54) is 0 Å². The van der Waals surface area contributed by atoms with Gasteiger partial charge in [-0.2, -0.15) is 13.2 Å². The standard InChI is InChI=1S/C7H11F3.CH2O3/c1-3-4-5-6(2)7(8,9)10;2-1(3)4/h2-5H2,1H3;(H2,2,3,4). The van der Waals surface area contributed by atoms with Crippen LogP contribution in [0.25, 0.3) is 0 Å². The van der Waals surface area contributed by atoms with Crippen molar-refractivity contribution in [2.75, 3.05) is 0 Å². The summed E-state index contributed by atoms with van der Waals surface area (Å²) in [6.07, 6.45) is -4.61. The first-order chi connectivity index (χ1) is 6.21. The second kappa shape index (κ2) is 7.23. The minimum Gasteiger partial charge on any atom is -0.450 e. The van der Waals surface area contributed by atoms with Gasteiger partial charge in [0, 0.05) is 5.57 Å². The van der Waals surface area contributed by atoms with Gasteiger partial charge < -0.3 is 10.2 Å². The number of unbranched alkanes of at least 4 members (excludes halogenated alkanes) is 1. The van der Waals surface area contributed by atoms with Gasteiger partial charge in [0.2, 0.25) is 0 Å². The molecule has 84 valence electrons. The Labute approximate surface area is 79.9 Å². The Hall–Kier alpha value is -1.20. The molecular formula is C8H13F3O3. The summed E-state index contributed by atoms with van der Waals surface area (Å²) in [5.41, 5.74) is -0.616. The van der Waals surface area contributed by atoms with Crippen LogP contribution in [0.3, 0.4) is 0 Å². The molecule has 0 rings (SSSR count). The maximum absolute atomic E-state index is 11.7. The highest BCUT2D eigenvalue weighted by Crippen LogP contribution is 2.27. The van der Waals surface area contributed by atoms with Crippen molar-refractivity contribution < 1.29 is 28.2 Å². The first-order valence-corrected chi connectivity index (χ1v) is 3.88. The Bertz CT molecular complexity index is 183. The van der Waals surface area contributed by atoms with E-state index < -0.39 is 17.9 Å². The Balaban J connectivity index is 0. The van der Waals surface area contributed by atoms with Crippen LogP contribution in [0.15, 0.2) is 12.2 Å². The monoisotopic (exact) mass is 214 g/mol. The quantitative estimate of drug-likeness (QED) is 0.706. The van der Waals surface area contributed by atoms with Gasteiger partial charge in [0.05, 0.1) is 0 Å². The zero-order chi connectivity index (χ0) is 11.8. The maximum Gasteiger partial charge on any atom is 0.503 e. The number of alkyl halides is 3. The van der Waals surface area contributed by atoms with Crippen molar-refractivity contribution in [1.29, 1.82) is 0 Å². The van der Waals surface area contributed by atoms with E-state index in [2.05, 4.69) is 6.58 Å². The lowest BCUT2D eigenvalue weighted by molar-refractivity contribution is -0.0937. The van der Waals surface area contributed by atoms with Gasteiger partial charge in [-0.05, 0) is 12.8 Å². The van der Waals surface area contributed by atoms with Crippen molar-refractivity contribution in [3.8, 4) is 0 Å². The summed E-state index contributed by atoms with van der Waals surface area (Å²) >= 11 is 0. The largest absolute Gasteiger partial charge is 0.503 e. The van der Waals surface area contributed by atoms with E-state index in [1.807, 2.05) is 6.92 Å². The molecule has 0 saturated carbocycles. The van der Waals surface area contributed by atoms with Crippen molar-refractivity contribution in [2.24, 2.45) is 0 Å². The molecule has 0 unspecified atom stereocenters. The summed E-state index contributed by atoms with van der Waals surface area (Å²) in [6, 6.07) is 0. The average Bonchev–Trinajstić information content (AvgIpc) is 1.97. The Morgan fingerprint density at radius 1 is 1.36 bits per heavy atom. The summed E-state index contributed by atoms with van der Waals surface area (Å²) in [4.78, 5) is 8.56. The number of allylic oxidation sites excluding steroid dienone is 1. The molecule has 14 heavy (non-hydrogen) atoms. The molecule has 0 aliphatic carbocycles. The van der Waals surface area contributed by atoms with E-state index in [0.717, 1.165) is 6.42 Å². The second-order valence-corrected chi connectivity index (χ2v) is 2.49. The Morgan fingerprint density at radius 3 is 1.93 bits per heavy atom. The number of carboxylic acid groups (broad SMARTS) is 2. The Morgan fingerprint density at radius 2 is 1.71 bits per heavy atom. The minimum atomic E-state index is -4.19. The van der Waals surface area contributed by atoms with Crippen LogP contribution in [0.2, 0.25) is 0 Å². The average molecular weight is 214 g/mol. The molecule has 0 aromatic heterocycles. The molecular weight excluding hydrogens is 201 g/mol. The van der Waals surface area contributed by atoms with Crippen molar-refractivity contribution in [3.05, 3.63) is 12.2 Å². The number of hydrogen-bond acceptors (Lipinski definition) is 1. The van der Waals surface area contributed by atoms with Crippen molar-refractivity contribution in [1.82, 2.24) is 0 Å². The molecule has 0 aliphatic heterocycles. The third kappa shape index (κ3) is 13.4. The molecule has 0 saturated heterocycles. The van der Waals surface area contributed by atoms with Crippen LogP contribution in [-0.2, 0) is 0 Å². The van der Waals surface area contributed by atoms with Crippen molar-refractivity contribution >= 4 is 6.16 Å². The van der Waals surface area contributed by atoms with Gasteiger partial charge >= 0.3 is 12.3 Å².